The topological polar surface area (TPSA) is 64.0 Å². The van der Waals surface area contributed by atoms with Gasteiger partial charge in [0.25, 0.3) is 0 Å². The third kappa shape index (κ3) is 2.80. The monoisotopic (exact) mass is 291 g/mol. The van der Waals surface area contributed by atoms with Crippen LogP contribution in [0, 0.1) is 6.92 Å². The van der Waals surface area contributed by atoms with Crippen LogP contribution in [0.25, 0.3) is 0 Å². The number of pyridine rings is 1. The van der Waals surface area contributed by atoms with E-state index in [0.29, 0.717) is 11.7 Å². The van der Waals surface area contributed by atoms with Crippen molar-refractivity contribution < 1.29 is 4.74 Å². The van der Waals surface area contributed by atoms with Crippen LogP contribution in [0.2, 0.25) is 5.28 Å². The summed E-state index contributed by atoms with van der Waals surface area (Å²) in [6.07, 6.45) is 3.99. The Morgan fingerprint density at radius 1 is 1.20 bits per heavy atom. The van der Waals surface area contributed by atoms with Crippen molar-refractivity contribution >= 4 is 17.5 Å². The minimum Gasteiger partial charge on any atom is -0.422 e. The number of aromatic nitrogens is 4. The molecule has 0 saturated carbocycles. The second-order valence-electron chi connectivity index (χ2n) is 4.57. The molecule has 0 radical (unpaired) electrons. The first-order valence-electron chi connectivity index (χ1n) is 6.48. The molecule has 0 aliphatic carbocycles. The highest BCUT2D eigenvalue weighted by atomic mass is 35.5. The van der Waals surface area contributed by atoms with Gasteiger partial charge >= 0.3 is 6.01 Å². The molecule has 7 heteroatoms. The molecule has 2 aromatic rings. The summed E-state index contributed by atoms with van der Waals surface area (Å²) < 4.78 is 5.65. The normalized spacial score (nSPS) is 14.6. The third-order valence-corrected chi connectivity index (χ3v) is 3.29. The Labute approximate surface area is 121 Å². The van der Waals surface area contributed by atoms with Gasteiger partial charge in [0.1, 0.15) is 0 Å². The van der Waals surface area contributed by atoms with Gasteiger partial charge in [-0.15, -0.1) is 0 Å². The lowest BCUT2D eigenvalue weighted by atomic mass is 10.3. The number of hydrogen-bond acceptors (Lipinski definition) is 6. The van der Waals surface area contributed by atoms with E-state index in [1.165, 1.54) is 0 Å². The SMILES string of the molecule is Cc1ncccc1Oc1nc(Cl)nc(N2CCCC2)n1. The number of anilines is 1. The van der Waals surface area contributed by atoms with Crippen LogP contribution in [0.3, 0.4) is 0 Å². The molecule has 0 bridgehead atoms. The van der Waals surface area contributed by atoms with E-state index in [0.717, 1.165) is 31.6 Å². The van der Waals surface area contributed by atoms with Gasteiger partial charge in [-0.25, -0.2) is 0 Å². The summed E-state index contributed by atoms with van der Waals surface area (Å²) in [5, 5.41) is 0.137. The van der Waals surface area contributed by atoms with Crippen molar-refractivity contribution in [1.29, 1.82) is 0 Å². The van der Waals surface area contributed by atoms with E-state index in [1.54, 1.807) is 12.3 Å². The lowest BCUT2D eigenvalue weighted by Crippen LogP contribution is -2.21. The molecule has 0 aromatic carbocycles. The summed E-state index contributed by atoms with van der Waals surface area (Å²) in [5.74, 6) is 1.18. The summed E-state index contributed by atoms with van der Waals surface area (Å²) >= 11 is 5.95. The molecule has 104 valence electrons. The molecule has 20 heavy (non-hydrogen) atoms. The highest BCUT2D eigenvalue weighted by Crippen LogP contribution is 2.24. The van der Waals surface area contributed by atoms with Crippen molar-refractivity contribution in [2.45, 2.75) is 19.8 Å². The van der Waals surface area contributed by atoms with E-state index in [2.05, 4.69) is 24.8 Å². The van der Waals surface area contributed by atoms with Gasteiger partial charge in [-0.2, -0.15) is 15.0 Å². The van der Waals surface area contributed by atoms with Crippen LogP contribution in [0.4, 0.5) is 5.95 Å². The summed E-state index contributed by atoms with van der Waals surface area (Å²) in [5.41, 5.74) is 0.770. The summed E-state index contributed by atoms with van der Waals surface area (Å²) in [6, 6.07) is 3.81. The van der Waals surface area contributed by atoms with E-state index in [-0.39, 0.29) is 11.3 Å². The van der Waals surface area contributed by atoms with Crippen LogP contribution in [0.15, 0.2) is 18.3 Å². The highest BCUT2D eigenvalue weighted by Gasteiger charge is 2.18. The van der Waals surface area contributed by atoms with Gasteiger partial charge in [-0.05, 0) is 43.5 Å². The molecular formula is C13H14ClN5O. The number of nitrogens with zero attached hydrogens (tertiary/aromatic N) is 5. The summed E-state index contributed by atoms with van der Waals surface area (Å²) in [4.78, 5) is 18.7. The van der Waals surface area contributed by atoms with Gasteiger partial charge in [0.2, 0.25) is 11.2 Å². The van der Waals surface area contributed by atoms with E-state index in [9.17, 15) is 0 Å². The quantitative estimate of drug-likeness (QED) is 0.866. The average Bonchev–Trinajstić information content (AvgIpc) is 2.95. The van der Waals surface area contributed by atoms with Crippen LogP contribution in [0.5, 0.6) is 11.8 Å². The predicted octanol–water partition coefficient (Wildman–Crippen LogP) is 2.62. The predicted molar refractivity (Wildman–Crippen MR) is 75.3 cm³/mol. The lowest BCUT2D eigenvalue weighted by Gasteiger charge is -2.15. The molecule has 0 atom stereocenters. The van der Waals surface area contributed by atoms with Gasteiger partial charge in [-0.3, -0.25) is 4.98 Å². The Bertz CT molecular complexity index is 615. The zero-order chi connectivity index (χ0) is 13.9. The fraction of sp³-hybridized carbons (Fsp3) is 0.385. The van der Waals surface area contributed by atoms with Crippen molar-refractivity contribution in [3.8, 4) is 11.8 Å². The van der Waals surface area contributed by atoms with E-state index in [4.69, 9.17) is 16.3 Å². The van der Waals surface area contributed by atoms with Crippen LogP contribution < -0.4 is 9.64 Å². The number of ether oxygens (including phenoxy) is 1. The van der Waals surface area contributed by atoms with Gasteiger partial charge in [0.05, 0.1) is 5.69 Å². The molecular weight excluding hydrogens is 278 g/mol. The van der Waals surface area contributed by atoms with Crippen LogP contribution in [0.1, 0.15) is 18.5 Å². The number of aryl methyl sites for hydroxylation is 1. The fourth-order valence-corrected chi connectivity index (χ4v) is 2.25. The molecule has 3 heterocycles. The first kappa shape index (κ1) is 13.1. The number of halogens is 1. The van der Waals surface area contributed by atoms with Crippen LogP contribution in [-0.2, 0) is 0 Å². The van der Waals surface area contributed by atoms with Gasteiger partial charge in [0, 0.05) is 19.3 Å². The van der Waals surface area contributed by atoms with Crippen LogP contribution in [-0.4, -0.2) is 33.0 Å². The average molecular weight is 292 g/mol. The largest absolute Gasteiger partial charge is 0.422 e. The molecule has 0 N–H and O–H groups in total. The first-order valence-corrected chi connectivity index (χ1v) is 6.86. The third-order valence-electron chi connectivity index (χ3n) is 3.12. The smallest absolute Gasteiger partial charge is 0.328 e. The van der Waals surface area contributed by atoms with Crippen molar-refractivity contribution in [2.75, 3.05) is 18.0 Å². The molecule has 1 saturated heterocycles. The lowest BCUT2D eigenvalue weighted by molar-refractivity contribution is 0.434. The molecule has 3 rings (SSSR count). The van der Waals surface area contributed by atoms with E-state index >= 15 is 0 Å². The van der Waals surface area contributed by atoms with E-state index < -0.39 is 0 Å². The minimum atomic E-state index is 0.137. The molecule has 1 aliphatic rings. The highest BCUT2D eigenvalue weighted by molar-refractivity contribution is 6.28. The zero-order valence-electron chi connectivity index (χ0n) is 11.1. The standard InChI is InChI=1S/C13H14ClN5O/c1-9-10(5-4-6-15-9)20-13-17-11(14)16-12(18-13)19-7-2-3-8-19/h4-6H,2-3,7-8H2,1H3. The Balaban J connectivity index is 1.88. The Kier molecular flexibility index (Phi) is 3.64. The molecule has 0 spiro atoms. The van der Waals surface area contributed by atoms with Crippen molar-refractivity contribution in [1.82, 2.24) is 19.9 Å². The van der Waals surface area contributed by atoms with E-state index in [1.807, 2.05) is 13.0 Å². The zero-order valence-corrected chi connectivity index (χ0v) is 11.8. The fourth-order valence-electron chi connectivity index (χ4n) is 2.10. The first-order chi connectivity index (χ1) is 9.72. The van der Waals surface area contributed by atoms with Gasteiger partial charge in [-0.1, -0.05) is 0 Å². The van der Waals surface area contributed by atoms with Gasteiger partial charge < -0.3 is 9.64 Å². The maximum absolute atomic E-state index is 5.95. The maximum atomic E-state index is 5.95. The maximum Gasteiger partial charge on any atom is 0.328 e. The molecule has 1 fully saturated rings. The second kappa shape index (κ2) is 5.58. The molecule has 1 aliphatic heterocycles. The Hall–Kier alpha value is -1.95. The van der Waals surface area contributed by atoms with Crippen molar-refractivity contribution in [2.24, 2.45) is 0 Å². The molecule has 6 nitrogen and oxygen atoms in total. The minimum absolute atomic E-state index is 0.137. The second-order valence-corrected chi connectivity index (χ2v) is 4.91. The Morgan fingerprint density at radius 2 is 2.00 bits per heavy atom. The molecule has 0 unspecified atom stereocenters. The molecule has 2 aromatic heterocycles. The number of hydrogen-bond donors (Lipinski definition) is 0. The summed E-state index contributed by atoms with van der Waals surface area (Å²) in [7, 11) is 0. The van der Waals surface area contributed by atoms with Crippen molar-refractivity contribution in [3.05, 3.63) is 29.3 Å². The molecule has 0 amide bonds. The van der Waals surface area contributed by atoms with Crippen LogP contribution >= 0.6 is 11.6 Å². The Morgan fingerprint density at radius 3 is 2.75 bits per heavy atom. The van der Waals surface area contributed by atoms with Crippen molar-refractivity contribution in [3.63, 3.8) is 0 Å². The summed E-state index contributed by atoms with van der Waals surface area (Å²) in [6.45, 7) is 3.73. The number of rotatable bonds is 3. The van der Waals surface area contributed by atoms with Gasteiger partial charge in [0.15, 0.2) is 5.75 Å².